The van der Waals surface area contributed by atoms with E-state index >= 15 is 0 Å². The van der Waals surface area contributed by atoms with Gasteiger partial charge in [-0.05, 0) is 43.7 Å². The predicted molar refractivity (Wildman–Crippen MR) is 90.1 cm³/mol. The summed E-state index contributed by atoms with van der Waals surface area (Å²) < 4.78 is 6.07. The maximum absolute atomic E-state index is 6.07. The van der Waals surface area contributed by atoms with Crippen molar-refractivity contribution in [2.45, 2.75) is 67.7 Å². The lowest BCUT2D eigenvalue weighted by Crippen LogP contribution is -2.47. The van der Waals surface area contributed by atoms with Crippen LogP contribution in [0.5, 0.6) is 0 Å². The molecule has 0 aliphatic carbocycles. The van der Waals surface area contributed by atoms with E-state index in [4.69, 9.17) is 4.74 Å². The highest BCUT2D eigenvalue weighted by atomic mass is 32.2. The van der Waals surface area contributed by atoms with Crippen LogP contribution >= 0.6 is 11.8 Å². The van der Waals surface area contributed by atoms with E-state index < -0.39 is 0 Å². The summed E-state index contributed by atoms with van der Waals surface area (Å²) in [4.78, 5) is 1.48. The van der Waals surface area contributed by atoms with Crippen molar-refractivity contribution in [3.8, 4) is 0 Å². The van der Waals surface area contributed by atoms with Crippen LogP contribution in [0.15, 0.2) is 29.2 Å². The fourth-order valence-corrected chi connectivity index (χ4v) is 4.87. The smallest absolute Gasteiger partial charge is 0.0692 e. The lowest BCUT2D eigenvalue weighted by Gasteiger charge is -2.40. The number of nitrogens with one attached hydrogen (secondary N) is 1. The van der Waals surface area contributed by atoms with Gasteiger partial charge in [0.2, 0.25) is 0 Å². The average Bonchev–Trinajstić information content (AvgIpc) is 2.96. The molecule has 0 saturated carbocycles. The van der Waals surface area contributed by atoms with Crippen molar-refractivity contribution >= 4 is 11.8 Å². The zero-order valence-corrected chi connectivity index (χ0v) is 14.0. The molecule has 0 amide bonds. The van der Waals surface area contributed by atoms with E-state index in [-0.39, 0.29) is 5.60 Å². The molecular formula is C18H27NOS. The van der Waals surface area contributed by atoms with Gasteiger partial charge in [0, 0.05) is 29.3 Å². The summed E-state index contributed by atoms with van der Waals surface area (Å²) in [6.45, 7) is 6.55. The van der Waals surface area contributed by atoms with E-state index in [1.807, 2.05) is 11.8 Å². The third-order valence-electron chi connectivity index (χ3n) is 5.13. The van der Waals surface area contributed by atoms with Crippen molar-refractivity contribution in [1.82, 2.24) is 5.32 Å². The molecule has 0 radical (unpaired) electrons. The highest BCUT2D eigenvalue weighted by Crippen LogP contribution is 2.37. The SMILES string of the molecule is CCC1(CC)CC(NCC2Cc3ccccc3S2)CCO1. The normalized spacial score (nSPS) is 27.5. The largest absolute Gasteiger partial charge is 0.375 e. The minimum absolute atomic E-state index is 0.127. The molecular weight excluding hydrogens is 278 g/mol. The van der Waals surface area contributed by atoms with Gasteiger partial charge in [0.15, 0.2) is 0 Å². The summed E-state index contributed by atoms with van der Waals surface area (Å²) >= 11 is 2.04. The van der Waals surface area contributed by atoms with Crippen molar-refractivity contribution in [2.24, 2.45) is 0 Å². The van der Waals surface area contributed by atoms with Gasteiger partial charge in [-0.1, -0.05) is 32.0 Å². The molecule has 3 heteroatoms. The van der Waals surface area contributed by atoms with E-state index in [2.05, 4.69) is 43.4 Å². The maximum Gasteiger partial charge on any atom is 0.0692 e. The van der Waals surface area contributed by atoms with E-state index in [1.165, 1.54) is 23.3 Å². The van der Waals surface area contributed by atoms with Crippen LogP contribution in [-0.4, -0.2) is 30.0 Å². The summed E-state index contributed by atoms with van der Waals surface area (Å²) in [5, 5.41) is 4.52. The van der Waals surface area contributed by atoms with Crippen LogP contribution in [0, 0.1) is 0 Å². The Labute approximate surface area is 133 Å². The Morgan fingerprint density at radius 3 is 2.86 bits per heavy atom. The van der Waals surface area contributed by atoms with Gasteiger partial charge in [-0.2, -0.15) is 0 Å². The van der Waals surface area contributed by atoms with Gasteiger partial charge >= 0.3 is 0 Å². The van der Waals surface area contributed by atoms with Gasteiger partial charge in [0.05, 0.1) is 5.60 Å². The summed E-state index contributed by atoms with van der Waals surface area (Å²) in [6.07, 6.45) is 5.80. The Balaban J connectivity index is 1.50. The number of rotatable bonds is 5. The molecule has 1 saturated heterocycles. The van der Waals surface area contributed by atoms with Crippen LogP contribution in [0.1, 0.15) is 45.1 Å². The molecule has 2 nitrogen and oxygen atoms in total. The fraction of sp³-hybridized carbons (Fsp3) is 0.667. The number of fused-ring (bicyclic) bond motifs is 1. The highest BCUT2D eigenvalue weighted by Gasteiger charge is 2.34. The molecule has 1 aromatic rings. The number of ether oxygens (including phenoxy) is 1. The molecule has 1 N–H and O–H groups in total. The monoisotopic (exact) mass is 305 g/mol. The van der Waals surface area contributed by atoms with E-state index in [9.17, 15) is 0 Å². The number of thioether (sulfide) groups is 1. The number of hydrogen-bond acceptors (Lipinski definition) is 3. The Bertz CT molecular complexity index is 447. The first-order valence-electron chi connectivity index (χ1n) is 8.36. The zero-order chi connectivity index (χ0) is 14.7. The molecule has 2 aliphatic heterocycles. The topological polar surface area (TPSA) is 21.3 Å². The molecule has 2 heterocycles. The van der Waals surface area contributed by atoms with Crippen molar-refractivity contribution in [3.05, 3.63) is 29.8 Å². The second kappa shape index (κ2) is 6.72. The second-order valence-corrected chi connectivity index (χ2v) is 7.73. The Morgan fingerprint density at radius 2 is 2.10 bits per heavy atom. The molecule has 1 fully saturated rings. The van der Waals surface area contributed by atoms with Crippen molar-refractivity contribution in [1.29, 1.82) is 0 Å². The van der Waals surface area contributed by atoms with Crippen LogP contribution in [-0.2, 0) is 11.2 Å². The molecule has 0 bridgehead atoms. The summed E-state index contributed by atoms with van der Waals surface area (Å²) in [5.41, 5.74) is 1.65. The van der Waals surface area contributed by atoms with Gasteiger partial charge in [0.1, 0.15) is 0 Å². The first-order chi connectivity index (χ1) is 10.2. The van der Waals surface area contributed by atoms with E-state index in [1.54, 1.807) is 0 Å². The highest BCUT2D eigenvalue weighted by molar-refractivity contribution is 8.00. The molecule has 1 aromatic carbocycles. The molecule has 2 atom stereocenters. The third kappa shape index (κ3) is 3.46. The molecule has 0 spiro atoms. The first-order valence-corrected chi connectivity index (χ1v) is 9.24. The number of benzene rings is 1. The molecule has 116 valence electrons. The standard InChI is InChI=1S/C18H27NOS/c1-3-18(4-2)12-15(9-10-20-18)19-13-16-11-14-7-5-6-8-17(14)21-16/h5-8,15-16,19H,3-4,9-13H2,1-2H3. The molecule has 2 aliphatic rings. The lowest BCUT2D eigenvalue weighted by atomic mass is 9.86. The lowest BCUT2D eigenvalue weighted by molar-refractivity contribution is -0.0929. The molecule has 2 unspecified atom stereocenters. The van der Waals surface area contributed by atoms with Gasteiger partial charge in [-0.15, -0.1) is 11.8 Å². The van der Waals surface area contributed by atoms with Crippen molar-refractivity contribution < 1.29 is 4.74 Å². The van der Waals surface area contributed by atoms with Crippen LogP contribution in [0.3, 0.4) is 0 Å². The first kappa shape index (κ1) is 15.4. The summed E-state index contributed by atoms with van der Waals surface area (Å²) in [5.74, 6) is 0. The molecule has 0 aromatic heterocycles. The van der Waals surface area contributed by atoms with E-state index in [0.29, 0.717) is 11.3 Å². The minimum atomic E-state index is 0.127. The minimum Gasteiger partial charge on any atom is -0.375 e. The van der Waals surface area contributed by atoms with E-state index in [0.717, 1.165) is 32.4 Å². The predicted octanol–water partition coefficient (Wildman–Crippen LogP) is 4.03. The van der Waals surface area contributed by atoms with Crippen LogP contribution < -0.4 is 5.32 Å². The Morgan fingerprint density at radius 1 is 1.29 bits per heavy atom. The third-order valence-corrected chi connectivity index (χ3v) is 6.45. The van der Waals surface area contributed by atoms with Crippen molar-refractivity contribution in [2.75, 3.05) is 13.2 Å². The summed E-state index contributed by atoms with van der Waals surface area (Å²) in [7, 11) is 0. The Kier molecular flexibility index (Phi) is 4.92. The quantitative estimate of drug-likeness (QED) is 0.887. The fourth-order valence-electron chi connectivity index (χ4n) is 3.61. The molecule has 3 rings (SSSR count). The van der Waals surface area contributed by atoms with Gasteiger partial charge < -0.3 is 10.1 Å². The zero-order valence-electron chi connectivity index (χ0n) is 13.2. The molecule has 21 heavy (non-hydrogen) atoms. The summed E-state index contributed by atoms with van der Waals surface area (Å²) in [6, 6.07) is 9.47. The van der Waals surface area contributed by atoms with Crippen LogP contribution in [0.2, 0.25) is 0 Å². The van der Waals surface area contributed by atoms with Gasteiger partial charge in [-0.25, -0.2) is 0 Å². The number of hydrogen-bond donors (Lipinski definition) is 1. The maximum atomic E-state index is 6.07. The van der Waals surface area contributed by atoms with Crippen LogP contribution in [0.25, 0.3) is 0 Å². The van der Waals surface area contributed by atoms with Gasteiger partial charge in [0.25, 0.3) is 0 Å². The second-order valence-electron chi connectivity index (χ2n) is 6.39. The van der Waals surface area contributed by atoms with Crippen LogP contribution in [0.4, 0.5) is 0 Å². The van der Waals surface area contributed by atoms with Crippen molar-refractivity contribution in [3.63, 3.8) is 0 Å². The average molecular weight is 305 g/mol. The Hall–Kier alpha value is -0.510. The van der Waals surface area contributed by atoms with Gasteiger partial charge in [-0.3, -0.25) is 0 Å².